The third-order valence-electron chi connectivity index (χ3n) is 3.60. The summed E-state index contributed by atoms with van der Waals surface area (Å²) in [6, 6.07) is 0.541. The fourth-order valence-corrected chi connectivity index (χ4v) is 3.70. The number of nitrogens with one attached hydrogen (secondary N) is 1. The minimum Gasteiger partial charge on any atom is -0.342 e. The fourth-order valence-electron chi connectivity index (χ4n) is 2.47. The minimum absolute atomic E-state index is 0.295. The zero-order valence-electron chi connectivity index (χ0n) is 10.1. The maximum atomic E-state index is 11.9. The number of hydrogen-bond donors (Lipinski definition) is 1. The van der Waals surface area contributed by atoms with Crippen LogP contribution < -0.4 is 5.32 Å². The Hall–Kier alpha value is -0.220. The van der Waals surface area contributed by atoms with Crippen molar-refractivity contribution in [3.63, 3.8) is 0 Å². The van der Waals surface area contributed by atoms with E-state index in [1.807, 2.05) is 16.7 Å². The molecule has 0 bridgehead atoms. The molecule has 92 valence electrons. The molecule has 2 rings (SSSR count). The van der Waals surface area contributed by atoms with Gasteiger partial charge in [0.1, 0.15) is 0 Å². The van der Waals surface area contributed by atoms with Gasteiger partial charge < -0.3 is 10.2 Å². The molecule has 0 spiro atoms. The summed E-state index contributed by atoms with van der Waals surface area (Å²) >= 11 is 2.01. The van der Waals surface area contributed by atoms with Gasteiger partial charge in [0, 0.05) is 24.4 Å². The second-order valence-corrected chi connectivity index (χ2v) is 6.28. The van der Waals surface area contributed by atoms with E-state index in [0.717, 1.165) is 13.1 Å². The zero-order valence-corrected chi connectivity index (χ0v) is 10.9. The van der Waals surface area contributed by atoms with Gasteiger partial charge in [-0.25, -0.2) is 0 Å². The highest BCUT2D eigenvalue weighted by Crippen LogP contribution is 2.25. The molecule has 0 saturated carbocycles. The number of likely N-dealkylation sites (tertiary alicyclic amines) is 1. The monoisotopic (exact) mass is 242 g/mol. The van der Waals surface area contributed by atoms with Crippen LogP contribution in [-0.4, -0.2) is 47.5 Å². The molecule has 2 fully saturated rings. The van der Waals surface area contributed by atoms with Crippen molar-refractivity contribution in [2.75, 3.05) is 25.4 Å². The van der Waals surface area contributed by atoms with Gasteiger partial charge in [-0.3, -0.25) is 4.79 Å². The van der Waals surface area contributed by atoms with Gasteiger partial charge in [-0.05, 0) is 31.4 Å². The van der Waals surface area contributed by atoms with Crippen LogP contribution in [0.4, 0.5) is 0 Å². The lowest BCUT2D eigenvalue weighted by Gasteiger charge is -2.27. The molecule has 4 heteroatoms. The highest BCUT2D eigenvalue weighted by molar-refractivity contribution is 8.00. The van der Waals surface area contributed by atoms with Crippen molar-refractivity contribution in [2.24, 2.45) is 0 Å². The minimum atomic E-state index is 0.295. The summed E-state index contributed by atoms with van der Waals surface area (Å²) in [5.41, 5.74) is 0. The smallest absolute Gasteiger partial charge is 0.236 e. The Morgan fingerprint density at radius 1 is 1.38 bits per heavy atom. The van der Waals surface area contributed by atoms with Crippen molar-refractivity contribution < 1.29 is 4.79 Å². The summed E-state index contributed by atoms with van der Waals surface area (Å²) in [6.07, 6.45) is 4.86. The number of carbonyl (C=O) groups is 1. The van der Waals surface area contributed by atoms with Gasteiger partial charge in [0.15, 0.2) is 0 Å². The Labute approximate surface area is 102 Å². The predicted molar refractivity (Wildman–Crippen MR) is 68.8 cm³/mol. The Morgan fingerprint density at radius 2 is 2.12 bits per heavy atom. The van der Waals surface area contributed by atoms with Crippen molar-refractivity contribution in [3.05, 3.63) is 0 Å². The lowest BCUT2D eigenvalue weighted by Crippen LogP contribution is -2.45. The molecule has 0 radical (unpaired) electrons. The van der Waals surface area contributed by atoms with Crippen LogP contribution >= 0.6 is 11.8 Å². The van der Waals surface area contributed by atoms with Gasteiger partial charge in [0.05, 0.1) is 6.54 Å². The lowest BCUT2D eigenvalue weighted by molar-refractivity contribution is -0.131. The average Bonchev–Trinajstić information content (AvgIpc) is 2.73. The molecule has 0 aromatic carbocycles. The molecular formula is C12H22N2OS. The van der Waals surface area contributed by atoms with Gasteiger partial charge in [0.25, 0.3) is 0 Å². The van der Waals surface area contributed by atoms with Crippen molar-refractivity contribution in [1.29, 1.82) is 0 Å². The number of hydrogen-bond acceptors (Lipinski definition) is 3. The van der Waals surface area contributed by atoms with Crippen LogP contribution in [0.15, 0.2) is 0 Å². The summed E-state index contributed by atoms with van der Waals surface area (Å²) in [5, 5.41) is 4.08. The molecule has 0 aromatic rings. The zero-order chi connectivity index (χ0) is 11.4. The standard InChI is InChI=1S/C12H22N2OS/c1-10-11(5-8-16-10)13-9-12(15)14-6-3-2-4-7-14/h10-11,13H,2-9H2,1H3. The molecule has 2 atom stereocenters. The van der Waals surface area contributed by atoms with E-state index < -0.39 is 0 Å². The van der Waals surface area contributed by atoms with E-state index in [1.54, 1.807) is 0 Å². The summed E-state index contributed by atoms with van der Waals surface area (Å²) in [6.45, 7) is 4.72. The maximum absolute atomic E-state index is 11.9. The van der Waals surface area contributed by atoms with Gasteiger partial charge in [0.2, 0.25) is 5.91 Å². The van der Waals surface area contributed by atoms with Gasteiger partial charge >= 0.3 is 0 Å². The van der Waals surface area contributed by atoms with E-state index >= 15 is 0 Å². The van der Waals surface area contributed by atoms with Crippen LogP contribution in [0.1, 0.15) is 32.6 Å². The number of nitrogens with zero attached hydrogens (tertiary/aromatic N) is 1. The highest BCUT2D eigenvalue weighted by atomic mass is 32.2. The molecule has 2 aliphatic heterocycles. The van der Waals surface area contributed by atoms with Crippen molar-refractivity contribution in [1.82, 2.24) is 10.2 Å². The van der Waals surface area contributed by atoms with E-state index in [1.165, 1.54) is 31.4 Å². The molecule has 2 unspecified atom stereocenters. The predicted octanol–water partition coefficient (Wildman–Crippen LogP) is 1.48. The molecule has 0 aliphatic carbocycles. The summed E-state index contributed by atoms with van der Waals surface area (Å²) in [7, 11) is 0. The van der Waals surface area contributed by atoms with Crippen molar-refractivity contribution in [3.8, 4) is 0 Å². The fraction of sp³-hybridized carbons (Fsp3) is 0.917. The number of rotatable bonds is 3. The Kier molecular flexibility index (Phi) is 4.53. The van der Waals surface area contributed by atoms with E-state index in [-0.39, 0.29) is 0 Å². The van der Waals surface area contributed by atoms with E-state index in [2.05, 4.69) is 12.2 Å². The van der Waals surface area contributed by atoms with Crippen molar-refractivity contribution >= 4 is 17.7 Å². The molecule has 2 aliphatic rings. The van der Waals surface area contributed by atoms with E-state index in [4.69, 9.17) is 0 Å². The van der Waals surface area contributed by atoms with Crippen molar-refractivity contribution in [2.45, 2.75) is 43.9 Å². The molecule has 2 saturated heterocycles. The molecule has 3 nitrogen and oxygen atoms in total. The van der Waals surface area contributed by atoms with Crippen LogP contribution in [0, 0.1) is 0 Å². The van der Waals surface area contributed by atoms with E-state index in [0.29, 0.717) is 23.7 Å². The first-order valence-corrected chi connectivity index (χ1v) is 7.45. The summed E-state index contributed by atoms with van der Waals surface area (Å²) < 4.78 is 0. The first-order chi connectivity index (χ1) is 7.77. The Morgan fingerprint density at radius 3 is 2.75 bits per heavy atom. The first-order valence-electron chi connectivity index (χ1n) is 6.40. The summed E-state index contributed by atoms with van der Waals surface area (Å²) in [4.78, 5) is 13.9. The largest absolute Gasteiger partial charge is 0.342 e. The van der Waals surface area contributed by atoms with Crippen LogP contribution in [0.2, 0.25) is 0 Å². The molecular weight excluding hydrogens is 220 g/mol. The molecule has 16 heavy (non-hydrogen) atoms. The summed E-state index contributed by atoms with van der Waals surface area (Å²) in [5.74, 6) is 1.53. The number of amides is 1. The third-order valence-corrected chi connectivity index (χ3v) is 4.93. The maximum Gasteiger partial charge on any atom is 0.236 e. The van der Waals surface area contributed by atoms with Gasteiger partial charge in [-0.1, -0.05) is 6.92 Å². The van der Waals surface area contributed by atoms with Crippen LogP contribution in [-0.2, 0) is 4.79 Å². The quantitative estimate of drug-likeness (QED) is 0.813. The first kappa shape index (κ1) is 12.2. The third kappa shape index (κ3) is 3.14. The normalized spacial score (nSPS) is 30.7. The SMILES string of the molecule is CC1SCCC1NCC(=O)N1CCCCC1. The van der Waals surface area contributed by atoms with Crippen LogP contribution in [0.5, 0.6) is 0 Å². The van der Waals surface area contributed by atoms with Crippen LogP contribution in [0.3, 0.4) is 0 Å². The topological polar surface area (TPSA) is 32.3 Å². The van der Waals surface area contributed by atoms with Gasteiger partial charge in [-0.15, -0.1) is 0 Å². The van der Waals surface area contributed by atoms with E-state index in [9.17, 15) is 4.79 Å². The second-order valence-electron chi connectivity index (χ2n) is 4.79. The molecule has 0 aromatic heterocycles. The lowest BCUT2D eigenvalue weighted by atomic mass is 10.1. The molecule has 2 heterocycles. The molecule has 1 amide bonds. The highest BCUT2D eigenvalue weighted by Gasteiger charge is 2.25. The average molecular weight is 242 g/mol. The Bertz CT molecular complexity index is 241. The number of carbonyl (C=O) groups excluding carboxylic acids is 1. The van der Waals surface area contributed by atoms with Gasteiger partial charge in [-0.2, -0.15) is 11.8 Å². The Balaban J connectivity index is 1.70. The van der Waals surface area contributed by atoms with Crippen LogP contribution in [0.25, 0.3) is 0 Å². The number of piperidine rings is 1. The number of thioether (sulfide) groups is 1. The molecule has 1 N–H and O–H groups in total. The second kappa shape index (κ2) is 5.92.